The number of aryl methyl sites for hydroxylation is 2. The van der Waals surface area contributed by atoms with E-state index >= 15 is 0 Å². The fourth-order valence-electron chi connectivity index (χ4n) is 12.5. The Balaban J connectivity index is 0.00000948. The van der Waals surface area contributed by atoms with Gasteiger partial charge in [-0.1, -0.05) is 276 Å². The summed E-state index contributed by atoms with van der Waals surface area (Å²) in [6.07, 6.45) is 10.2. The van der Waals surface area contributed by atoms with Gasteiger partial charge in [0, 0.05) is 22.5 Å². The predicted octanol–water partition coefficient (Wildman–Crippen LogP) is 21.5. The minimum Gasteiger partial charge on any atom is -0.656 e. The van der Waals surface area contributed by atoms with Crippen LogP contribution in [0, 0.1) is 25.7 Å². The van der Waals surface area contributed by atoms with Crippen molar-refractivity contribution in [2.75, 3.05) is 11.4 Å². The van der Waals surface area contributed by atoms with E-state index in [0.717, 1.165) is 123 Å². The molecule has 13 rings (SSSR count). The zero-order valence-electron chi connectivity index (χ0n) is 59.4. The molecular weight excluding hydrogens is 1320 g/mol. The molecule has 0 unspecified atom stereocenters. The number of aliphatic carboxylic acids is 1. The van der Waals surface area contributed by atoms with Crippen LogP contribution in [0.1, 0.15) is 156 Å². The van der Waals surface area contributed by atoms with Crippen LogP contribution in [0.4, 0.5) is 17.1 Å². The van der Waals surface area contributed by atoms with Crippen molar-refractivity contribution in [3.63, 3.8) is 0 Å². The summed E-state index contributed by atoms with van der Waals surface area (Å²) in [6.45, 7) is 30.9. The first-order valence-corrected chi connectivity index (χ1v) is 34.8. The Kier molecular flexibility index (Phi) is 19.2. The number of thioether (sulfide) groups is 1. The molecule has 8 bridgehead atoms. The number of carboxylic acid groups (broad SMARTS) is 1. The fraction of sp³-hybridized carbons (Fsp3) is 0.216. The third kappa shape index (κ3) is 14.8. The topological polar surface area (TPSA) is 115 Å². The van der Waals surface area contributed by atoms with Crippen molar-refractivity contribution in [1.82, 2.24) is 24.8 Å². The smallest absolute Gasteiger partial charge is 0.656 e. The number of carbonyl (C=O) groups is 2. The number of hydrogen-bond acceptors (Lipinski definition) is 7. The van der Waals surface area contributed by atoms with Crippen LogP contribution < -0.4 is 14.9 Å². The van der Waals surface area contributed by atoms with E-state index < -0.39 is 18.4 Å². The van der Waals surface area contributed by atoms with Crippen LogP contribution in [-0.4, -0.2) is 42.7 Å². The number of aromatic nitrogens is 4. The summed E-state index contributed by atoms with van der Waals surface area (Å²) in [6, 6.07) is 65.0. The average molecular weight is 1400 g/mol. The third-order valence-corrected chi connectivity index (χ3v) is 19.8. The second kappa shape index (κ2) is 27.4. The molecule has 0 atom stereocenters. The summed E-state index contributed by atoms with van der Waals surface area (Å²) in [7, 11) is 0. The molecule has 0 spiro atoms. The molecule has 1 N–H and O–H groups in total. The molecule has 3 aliphatic rings. The quantitative estimate of drug-likeness (QED) is 0.0614. The van der Waals surface area contributed by atoms with Crippen LogP contribution in [0.3, 0.4) is 0 Å². The number of hydrogen-bond donors (Lipinski definition) is 1. The molecular formula is C88H80N6O3S2Zn. The number of fused-ring (bicyclic) bond motifs is 8. The van der Waals surface area contributed by atoms with Gasteiger partial charge < -0.3 is 20.0 Å². The Labute approximate surface area is 610 Å². The van der Waals surface area contributed by atoms with Gasteiger partial charge in [0.05, 0.1) is 33.4 Å². The van der Waals surface area contributed by atoms with Gasteiger partial charge in [0.15, 0.2) is 0 Å². The maximum Gasteiger partial charge on any atom is 2.00 e. The molecule has 3 aromatic heterocycles. The molecule has 10 aromatic rings. The van der Waals surface area contributed by atoms with E-state index in [1.54, 1.807) is 6.08 Å². The van der Waals surface area contributed by atoms with Gasteiger partial charge in [-0.2, -0.15) is 0 Å². The summed E-state index contributed by atoms with van der Waals surface area (Å²) < 4.78 is 0.209. The minimum absolute atomic E-state index is 0. The number of thiocarbonyl (C=S) groups is 1. The molecule has 1 saturated heterocycles. The number of rotatable bonds is 10. The van der Waals surface area contributed by atoms with Crippen molar-refractivity contribution in [2.45, 2.75) is 119 Å². The molecule has 0 aliphatic carbocycles. The summed E-state index contributed by atoms with van der Waals surface area (Å²) in [4.78, 5) is 51.6. The van der Waals surface area contributed by atoms with Gasteiger partial charge >= 0.3 is 25.4 Å². The van der Waals surface area contributed by atoms with Gasteiger partial charge in [-0.15, -0.1) is 22.1 Å². The second-order valence-corrected chi connectivity index (χ2v) is 31.8. The second-order valence-electron chi connectivity index (χ2n) is 30.1. The van der Waals surface area contributed by atoms with Crippen LogP contribution in [0.25, 0.3) is 97.0 Å². The van der Waals surface area contributed by atoms with E-state index in [-0.39, 0.29) is 45.5 Å². The van der Waals surface area contributed by atoms with Crippen LogP contribution in [0.2, 0.25) is 0 Å². The third-order valence-electron chi connectivity index (χ3n) is 18.4. The van der Waals surface area contributed by atoms with Gasteiger partial charge in [0.25, 0.3) is 5.91 Å². The normalized spacial score (nSPS) is 13.6. The van der Waals surface area contributed by atoms with Crippen molar-refractivity contribution < 1.29 is 34.2 Å². The minimum atomic E-state index is -1.13. The zero-order valence-corrected chi connectivity index (χ0v) is 64.0. The monoisotopic (exact) mass is 1400 g/mol. The molecule has 0 saturated carbocycles. The van der Waals surface area contributed by atoms with E-state index in [9.17, 15) is 14.7 Å². The van der Waals surface area contributed by atoms with Crippen molar-refractivity contribution in [3.05, 3.63) is 260 Å². The molecule has 0 radical (unpaired) electrons. The molecule has 7 aromatic carbocycles. The van der Waals surface area contributed by atoms with E-state index in [0.29, 0.717) is 21.7 Å². The number of nitrogens with zero attached hydrogens (tertiary/aromatic N) is 6. The Morgan fingerprint density at radius 1 is 0.500 bits per heavy atom. The number of benzene rings is 7. The van der Waals surface area contributed by atoms with E-state index in [1.807, 2.05) is 24.3 Å². The summed E-state index contributed by atoms with van der Waals surface area (Å²) in [5.41, 5.74) is 25.0. The van der Waals surface area contributed by atoms with Crippen molar-refractivity contribution >= 4 is 110 Å². The molecule has 9 nitrogen and oxygen atoms in total. The van der Waals surface area contributed by atoms with Gasteiger partial charge in [0.2, 0.25) is 0 Å². The largest absolute Gasteiger partial charge is 2.00 e. The van der Waals surface area contributed by atoms with Crippen molar-refractivity contribution in [1.29, 1.82) is 0 Å². The molecule has 100 heavy (non-hydrogen) atoms. The van der Waals surface area contributed by atoms with Gasteiger partial charge in [-0.25, -0.2) is 9.97 Å². The van der Waals surface area contributed by atoms with E-state index in [1.165, 1.54) is 33.4 Å². The number of carbonyl (C=O) groups excluding carboxylic acids is 1. The molecule has 1 amide bonds. The molecule has 6 heterocycles. The van der Waals surface area contributed by atoms with Crippen LogP contribution in [0.15, 0.2) is 187 Å². The molecule has 3 aliphatic heterocycles. The Morgan fingerprint density at radius 3 is 1.33 bits per heavy atom. The molecule has 494 valence electrons. The van der Waals surface area contributed by atoms with Crippen LogP contribution in [0.5, 0.6) is 0 Å². The number of amides is 1. The first kappa shape index (κ1) is 70.1. The first-order chi connectivity index (χ1) is 47.0. The van der Waals surface area contributed by atoms with Gasteiger partial charge in [0.1, 0.15) is 10.9 Å². The summed E-state index contributed by atoms with van der Waals surface area (Å²) in [5, 5.41) is 9.45. The molecule has 12 heteroatoms. The Morgan fingerprint density at radius 2 is 0.890 bits per heavy atom. The predicted molar refractivity (Wildman–Crippen MR) is 417 cm³/mol. The van der Waals surface area contributed by atoms with Gasteiger partial charge in [-0.3, -0.25) is 14.5 Å². The van der Waals surface area contributed by atoms with Gasteiger partial charge in [-0.05, 0) is 175 Å². The van der Waals surface area contributed by atoms with E-state index in [4.69, 9.17) is 32.2 Å². The summed E-state index contributed by atoms with van der Waals surface area (Å²) >= 11 is 6.48. The Bertz CT molecular complexity index is 5020. The first-order valence-electron chi connectivity index (χ1n) is 33.6. The van der Waals surface area contributed by atoms with Crippen molar-refractivity contribution in [2.24, 2.45) is 0 Å². The average Bonchev–Trinajstić information content (AvgIpc) is 1.56. The maximum absolute atomic E-state index is 13.3. The number of carboxylic acids is 1. The standard InChI is InChI=1S/C88H82N6O3S2.Zn/c1-53-15-24-57(25-16-53)59-28-32-67(33-29-59)94(68-34-30-60(31-35-68)58-26-17-54(2)18-27-58)82-76-43-41-74(91-76)80(61-46-63(85(3,4)5)50-64(47-61)86(6,7)8)72-39-37-70(89-72)69(36-23-55-19-21-56(22-20-55)45-78-83(97)93(52-79(95)96)84(98)99-78)71-38-40-73(90-71)81(75-42-44-77(82)92-75)62-48-65(87(9,10)11)51-66(49-62)88(12,13)14;/h15-22,24-35,37-51H,52H2,1-14H3,(H3,89,90,91,92,95,96,97);/q;+2/p-2. The maximum atomic E-state index is 13.3. The Hall–Kier alpha value is -9.76. The van der Waals surface area contributed by atoms with Crippen molar-refractivity contribution in [3.8, 4) is 56.3 Å². The number of anilines is 3. The van der Waals surface area contributed by atoms with Crippen LogP contribution >= 0.6 is 24.0 Å². The zero-order chi connectivity index (χ0) is 70.0. The fourth-order valence-corrected chi connectivity index (χ4v) is 13.8. The summed E-state index contributed by atoms with van der Waals surface area (Å²) in [5.74, 6) is 5.51. The SMILES string of the molecule is Cc1ccc(-c2ccc(N(c3ccc(-c4ccc(C)cc4)cc3)c3c4nc(c(-c5cc(C(C)(C)C)cc(C(C)(C)C)c5)c5ccc([n-]5)c(C#Cc5ccc(C=C6SC(=S)N(CC(=O)O)C6=O)cc5)c5nc(c(-c6cc(C(C)(C)C)cc(C(C)(C)C)c6)c6ccc3[n-]6)C=C5)C=C4)cc2)cc1.[Zn+2]. The molecule has 1 fully saturated rings. The van der Waals surface area contributed by atoms with Crippen LogP contribution in [-0.2, 0) is 50.7 Å². The van der Waals surface area contributed by atoms with E-state index in [2.05, 4.69) is 296 Å².